The van der Waals surface area contributed by atoms with Crippen molar-refractivity contribution in [3.05, 3.63) is 0 Å². The summed E-state index contributed by atoms with van der Waals surface area (Å²) in [6, 6.07) is 0. The van der Waals surface area contributed by atoms with E-state index in [4.69, 9.17) is 0 Å². The molecule has 29 heavy (non-hydrogen) atoms. The molecule has 0 bridgehead atoms. The second kappa shape index (κ2) is 14.4. The first kappa shape index (κ1) is 24.9. The average Bonchev–Trinajstić information content (AvgIpc) is 2.76. The summed E-state index contributed by atoms with van der Waals surface area (Å²) in [7, 11) is 0. The van der Waals surface area contributed by atoms with Crippen molar-refractivity contribution in [2.75, 3.05) is 0 Å². The van der Waals surface area contributed by atoms with Gasteiger partial charge in [0.25, 0.3) is 0 Å². The van der Waals surface area contributed by atoms with Crippen molar-refractivity contribution in [2.24, 2.45) is 17.8 Å². The van der Waals surface area contributed by atoms with Crippen molar-refractivity contribution in [1.29, 1.82) is 0 Å². The molecule has 2 heteroatoms. The molecule has 0 unspecified atom stereocenters. The predicted octanol–water partition coefficient (Wildman–Crippen LogP) is 10.4. The van der Waals surface area contributed by atoms with Gasteiger partial charge in [0.15, 0.2) is 0 Å². The molecule has 0 N–H and O–H groups in total. The second-order valence-corrected chi connectivity index (χ2v) is 33.5. The fourth-order valence-corrected chi connectivity index (χ4v) is 21.9. The Labute approximate surface area is 193 Å². The third-order valence-corrected chi connectivity index (χ3v) is 27.6. The van der Waals surface area contributed by atoms with Gasteiger partial charge in [0.2, 0.25) is 0 Å². The Hall–Kier alpha value is 1.28. The molecular weight excluding hydrogens is 523 g/mol. The van der Waals surface area contributed by atoms with Gasteiger partial charge < -0.3 is 0 Å². The molecule has 0 radical (unpaired) electrons. The van der Waals surface area contributed by atoms with Gasteiger partial charge in [-0.25, -0.2) is 0 Å². The van der Waals surface area contributed by atoms with Crippen LogP contribution in [0.4, 0.5) is 0 Å². The van der Waals surface area contributed by atoms with E-state index in [1.165, 1.54) is 57.8 Å². The van der Waals surface area contributed by atoms with Crippen molar-refractivity contribution < 1.29 is 0 Å². The van der Waals surface area contributed by atoms with Crippen molar-refractivity contribution in [3.63, 3.8) is 0 Å². The van der Waals surface area contributed by atoms with Crippen LogP contribution in [-0.2, 0) is 0 Å². The zero-order valence-electron chi connectivity index (χ0n) is 19.6. The van der Waals surface area contributed by atoms with Gasteiger partial charge in [-0.15, -0.1) is 0 Å². The van der Waals surface area contributed by atoms with Crippen molar-refractivity contribution in [1.82, 2.24) is 0 Å². The molecule has 0 saturated heterocycles. The first-order chi connectivity index (χ1) is 14.2. The van der Waals surface area contributed by atoms with E-state index < -0.39 is 16.2 Å². The fraction of sp³-hybridized carbons (Fsp3) is 1.00. The Morgan fingerprint density at radius 1 is 0.448 bits per heavy atom. The van der Waals surface area contributed by atoms with Crippen LogP contribution in [0.2, 0.25) is 13.3 Å². The van der Waals surface area contributed by atoms with E-state index in [9.17, 15) is 0 Å². The summed E-state index contributed by atoms with van der Waals surface area (Å²) in [5.41, 5.74) is 0. The van der Waals surface area contributed by atoms with E-state index in [0.29, 0.717) is 0 Å². The maximum atomic E-state index is 4.57. The van der Waals surface area contributed by atoms with Gasteiger partial charge in [-0.3, -0.25) is 0 Å². The Morgan fingerprint density at radius 3 is 1.00 bits per heavy atom. The van der Waals surface area contributed by atoms with Crippen molar-refractivity contribution in [2.45, 2.75) is 148 Å². The molecule has 3 aliphatic carbocycles. The first-order valence-electron chi connectivity index (χ1n) is 13.9. The summed E-state index contributed by atoms with van der Waals surface area (Å²) in [6.07, 6.45) is 32.4. The SMILES string of the molecule is [Br][Sn]([CH2]CCC1CCCCC1)([CH2]CCC1CCCCC1)[CH2]CCC1CCCCC1. The minimum atomic E-state index is -2.04. The van der Waals surface area contributed by atoms with E-state index >= 15 is 0 Å². The van der Waals surface area contributed by atoms with Gasteiger partial charge in [-0.1, -0.05) is 0 Å². The number of halogens is 1. The van der Waals surface area contributed by atoms with Crippen LogP contribution in [0.15, 0.2) is 0 Å². The van der Waals surface area contributed by atoms with E-state index in [2.05, 4.69) is 12.7 Å². The molecule has 0 atom stereocenters. The van der Waals surface area contributed by atoms with Crippen LogP contribution in [0.3, 0.4) is 0 Å². The summed E-state index contributed by atoms with van der Waals surface area (Å²) in [6.45, 7) is 0. The summed E-state index contributed by atoms with van der Waals surface area (Å²) >= 11 is 2.53. The molecule has 0 spiro atoms. The zero-order chi connectivity index (χ0) is 20.2. The molecule has 3 rings (SSSR count). The summed E-state index contributed by atoms with van der Waals surface area (Å²) in [5, 5.41) is 0. The molecule has 170 valence electrons. The fourth-order valence-electron chi connectivity index (χ4n) is 6.93. The number of rotatable bonds is 12. The Kier molecular flexibility index (Phi) is 12.4. The van der Waals surface area contributed by atoms with Crippen molar-refractivity contribution in [3.8, 4) is 0 Å². The van der Waals surface area contributed by atoms with Crippen LogP contribution in [0.1, 0.15) is 135 Å². The van der Waals surface area contributed by atoms with Gasteiger partial charge in [-0.05, 0) is 0 Å². The van der Waals surface area contributed by atoms with Gasteiger partial charge in [-0.2, -0.15) is 0 Å². The normalized spacial score (nSPS) is 23.5. The summed E-state index contributed by atoms with van der Waals surface area (Å²) in [4.78, 5) is 0. The molecule has 0 aromatic rings. The van der Waals surface area contributed by atoms with E-state index in [-0.39, 0.29) is 0 Å². The predicted molar refractivity (Wildman–Crippen MR) is 137 cm³/mol. The molecule has 0 aromatic heterocycles. The molecule has 0 aliphatic heterocycles. The van der Waals surface area contributed by atoms with E-state index in [0.717, 1.165) is 17.8 Å². The van der Waals surface area contributed by atoms with E-state index in [1.807, 2.05) is 0 Å². The van der Waals surface area contributed by atoms with Crippen LogP contribution < -0.4 is 0 Å². The number of hydrogen-bond acceptors (Lipinski definition) is 0. The number of hydrogen-bond donors (Lipinski definition) is 0. The van der Waals surface area contributed by atoms with Gasteiger partial charge >= 0.3 is 195 Å². The molecule has 0 heterocycles. The second-order valence-electron chi connectivity index (χ2n) is 11.3. The van der Waals surface area contributed by atoms with Crippen LogP contribution in [0.25, 0.3) is 0 Å². The Bertz CT molecular complexity index is 345. The molecular formula is C27H51BrSn. The quantitative estimate of drug-likeness (QED) is 0.204. The molecule has 3 aliphatic rings. The minimum absolute atomic E-state index is 1.09. The summed E-state index contributed by atoms with van der Waals surface area (Å²) < 4.78 is 4.96. The van der Waals surface area contributed by atoms with Gasteiger partial charge in [0.05, 0.1) is 0 Å². The topological polar surface area (TPSA) is 0 Å². The maximum absolute atomic E-state index is 4.57. The van der Waals surface area contributed by atoms with Gasteiger partial charge in [0, 0.05) is 0 Å². The monoisotopic (exact) mass is 574 g/mol. The molecule has 3 fully saturated rings. The van der Waals surface area contributed by atoms with Crippen LogP contribution in [0, 0.1) is 17.8 Å². The Morgan fingerprint density at radius 2 is 0.724 bits per heavy atom. The van der Waals surface area contributed by atoms with E-state index in [1.54, 1.807) is 90.4 Å². The Balaban J connectivity index is 1.39. The average molecular weight is 574 g/mol. The van der Waals surface area contributed by atoms with Crippen LogP contribution >= 0.6 is 12.7 Å². The molecule has 3 saturated carbocycles. The molecule has 0 aromatic carbocycles. The molecule has 0 amide bonds. The van der Waals surface area contributed by atoms with Gasteiger partial charge in [0.1, 0.15) is 0 Å². The summed E-state index contributed by atoms with van der Waals surface area (Å²) in [5.74, 6) is 3.28. The third-order valence-electron chi connectivity index (χ3n) is 8.89. The van der Waals surface area contributed by atoms with Crippen molar-refractivity contribution >= 4 is 28.9 Å². The van der Waals surface area contributed by atoms with Crippen LogP contribution in [0.5, 0.6) is 0 Å². The standard InChI is InChI=1S/3C9H17.BrH.Sn/c3*1-2-6-9-7-4-3-5-8-9;;/h3*9H,1-8H2;1H;/q;;;;+1/p-1. The van der Waals surface area contributed by atoms with Crippen LogP contribution in [-0.4, -0.2) is 16.2 Å². The molecule has 0 nitrogen and oxygen atoms in total. The third kappa shape index (κ3) is 10.2. The zero-order valence-corrected chi connectivity index (χ0v) is 24.0. The first-order valence-corrected chi connectivity index (χ1v) is 26.4.